The van der Waals surface area contributed by atoms with Gasteiger partial charge < -0.3 is 19.7 Å². The van der Waals surface area contributed by atoms with Crippen molar-refractivity contribution in [2.45, 2.75) is 36.2 Å². The molecule has 1 amide bonds. The number of nitrogens with zero attached hydrogens (tertiary/aromatic N) is 4. The van der Waals surface area contributed by atoms with E-state index in [0.29, 0.717) is 5.84 Å². The minimum absolute atomic E-state index is 0.0330. The predicted molar refractivity (Wildman–Crippen MR) is 141 cm³/mol. The van der Waals surface area contributed by atoms with E-state index in [0.717, 1.165) is 23.0 Å². The molecule has 0 saturated carbocycles. The zero-order chi connectivity index (χ0) is 26.1. The van der Waals surface area contributed by atoms with Crippen LogP contribution in [0.3, 0.4) is 0 Å². The van der Waals surface area contributed by atoms with E-state index in [9.17, 15) is 15.0 Å². The third-order valence-electron chi connectivity index (χ3n) is 7.07. The lowest BCUT2D eigenvalue weighted by Gasteiger charge is -2.37. The Hall–Kier alpha value is -4.02. The first-order valence-corrected chi connectivity index (χ1v) is 12.4. The highest BCUT2D eigenvalue weighted by atomic mass is 16.6. The van der Waals surface area contributed by atoms with Crippen LogP contribution in [0.1, 0.15) is 16.7 Å². The highest BCUT2D eigenvalue weighted by Gasteiger charge is 2.50. The Morgan fingerprint density at radius 3 is 1.95 bits per heavy atom. The van der Waals surface area contributed by atoms with Crippen LogP contribution in [0.2, 0.25) is 0 Å². The van der Waals surface area contributed by atoms with Crippen LogP contribution in [0, 0.1) is 0 Å². The molecule has 0 aliphatic carbocycles. The topological polar surface area (TPSA) is 116 Å². The van der Waals surface area contributed by atoms with Crippen molar-refractivity contribution >= 4 is 24.4 Å². The lowest BCUT2D eigenvalue weighted by atomic mass is 9.80. The second-order valence-corrected chi connectivity index (χ2v) is 9.28. The van der Waals surface area contributed by atoms with Gasteiger partial charge in [-0.2, -0.15) is 4.99 Å². The second kappa shape index (κ2) is 10.0. The minimum Gasteiger partial charge on any atom is -0.387 e. The van der Waals surface area contributed by atoms with E-state index in [1.807, 2.05) is 91.0 Å². The molecule has 3 heterocycles. The van der Waals surface area contributed by atoms with Gasteiger partial charge >= 0.3 is 0 Å². The number of hydrogen-bond donors (Lipinski definition) is 2. The number of amides is 1. The fraction of sp³-hybridized carbons (Fsp3) is 0.241. The number of carbonyl (C=O) groups excluding carboxylic acids is 1. The Kier molecular flexibility index (Phi) is 6.42. The SMILES string of the molecule is O=C1N=CN=C2C1N=CN2C1OC(COC(c2ccccc2)(c2ccccc2)c2ccccc2)C(O)C1O. The molecule has 3 aliphatic heterocycles. The lowest BCUT2D eigenvalue weighted by Crippen LogP contribution is -2.48. The molecule has 0 bridgehead atoms. The summed E-state index contributed by atoms with van der Waals surface area (Å²) in [5.41, 5.74) is 1.72. The van der Waals surface area contributed by atoms with Crippen molar-refractivity contribution in [1.82, 2.24) is 4.90 Å². The number of aliphatic hydroxyl groups excluding tert-OH is 2. The third-order valence-corrected chi connectivity index (χ3v) is 7.07. The van der Waals surface area contributed by atoms with Crippen molar-refractivity contribution in [3.05, 3.63) is 108 Å². The first kappa shape index (κ1) is 24.3. The van der Waals surface area contributed by atoms with Gasteiger partial charge in [0, 0.05) is 0 Å². The van der Waals surface area contributed by atoms with Gasteiger partial charge in [-0.3, -0.25) is 14.7 Å². The lowest BCUT2D eigenvalue weighted by molar-refractivity contribution is -0.117. The maximum atomic E-state index is 12.1. The molecule has 192 valence electrons. The number of benzene rings is 3. The van der Waals surface area contributed by atoms with E-state index >= 15 is 0 Å². The average molecular weight is 511 g/mol. The van der Waals surface area contributed by atoms with Crippen LogP contribution in [0.4, 0.5) is 0 Å². The second-order valence-electron chi connectivity index (χ2n) is 9.28. The van der Waals surface area contributed by atoms with Crippen LogP contribution in [0.15, 0.2) is 106 Å². The summed E-state index contributed by atoms with van der Waals surface area (Å²) in [5, 5.41) is 21.9. The number of hydrogen-bond acceptors (Lipinski definition) is 8. The third kappa shape index (κ3) is 4.06. The van der Waals surface area contributed by atoms with Crippen molar-refractivity contribution in [3.8, 4) is 0 Å². The van der Waals surface area contributed by atoms with Gasteiger partial charge in [-0.1, -0.05) is 91.0 Å². The molecule has 2 N–H and O–H groups in total. The molecule has 3 aliphatic rings. The number of rotatable bonds is 7. The standard InChI is InChI=1S/C29H26N4O5/c34-24-22(38-28(25(24)35)33-18-32-23-26(33)30-17-31-27(23)36)16-37-29(19-10-4-1-5-11-19,20-12-6-2-7-13-20)21-14-8-3-9-15-21/h1-15,17-18,22-25,28,34-35H,16H2. The molecule has 5 atom stereocenters. The number of carbonyl (C=O) groups is 1. The summed E-state index contributed by atoms with van der Waals surface area (Å²) in [7, 11) is 0. The maximum absolute atomic E-state index is 12.1. The van der Waals surface area contributed by atoms with Gasteiger partial charge in [0.25, 0.3) is 5.91 Å². The van der Waals surface area contributed by atoms with Gasteiger partial charge in [0.05, 0.1) is 12.9 Å². The normalized spacial score (nSPS) is 26.5. The first-order chi connectivity index (χ1) is 18.6. The van der Waals surface area contributed by atoms with Crippen LogP contribution in [-0.4, -0.2) is 76.7 Å². The molecule has 0 aromatic heterocycles. The van der Waals surface area contributed by atoms with Crippen molar-refractivity contribution in [1.29, 1.82) is 0 Å². The van der Waals surface area contributed by atoms with E-state index < -0.39 is 42.1 Å². The largest absolute Gasteiger partial charge is 0.387 e. The monoisotopic (exact) mass is 510 g/mol. The first-order valence-electron chi connectivity index (χ1n) is 12.4. The highest BCUT2D eigenvalue weighted by Crippen LogP contribution is 2.41. The zero-order valence-electron chi connectivity index (χ0n) is 20.3. The Morgan fingerprint density at radius 2 is 1.39 bits per heavy atom. The fourth-order valence-electron chi connectivity index (χ4n) is 5.20. The van der Waals surface area contributed by atoms with Crippen molar-refractivity contribution < 1.29 is 24.5 Å². The number of amidine groups is 1. The molecule has 1 fully saturated rings. The van der Waals surface area contributed by atoms with Gasteiger partial charge in [0.2, 0.25) is 0 Å². The predicted octanol–water partition coefficient (Wildman–Crippen LogP) is 2.12. The van der Waals surface area contributed by atoms with Gasteiger partial charge in [0.1, 0.15) is 36.1 Å². The Bertz CT molecular complexity index is 1280. The Morgan fingerprint density at radius 1 is 0.842 bits per heavy atom. The van der Waals surface area contributed by atoms with Crippen molar-refractivity contribution in [3.63, 3.8) is 0 Å². The Balaban J connectivity index is 1.32. The summed E-state index contributed by atoms with van der Waals surface area (Å²) in [6.45, 7) is -0.0330. The molecule has 6 rings (SSSR count). The van der Waals surface area contributed by atoms with Crippen molar-refractivity contribution in [2.75, 3.05) is 6.61 Å². The summed E-state index contributed by atoms with van der Waals surface area (Å²) in [6, 6.07) is 28.7. The molecule has 0 spiro atoms. The number of aliphatic hydroxyl groups is 2. The zero-order valence-corrected chi connectivity index (χ0v) is 20.3. The van der Waals surface area contributed by atoms with Crippen LogP contribution in [0.5, 0.6) is 0 Å². The van der Waals surface area contributed by atoms with Gasteiger partial charge in [-0.15, -0.1) is 0 Å². The molecule has 38 heavy (non-hydrogen) atoms. The van der Waals surface area contributed by atoms with Gasteiger partial charge in [-0.05, 0) is 16.7 Å². The molecule has 1 saturated heterocycles. The van der Waals surface area contributed by atoms with Crippen molar-refractivity contribution in [2.24, 2.45) is 15.0 Å². The summed E-state index contributed by atoms with van der Waals surface area (Å²) in [6.07, 6.45) is -1.85. The number of aliphatic imine (C=N–C) groups is 3. The summed E-state index contributed by atoms with van der Waals surface area (Å²) < 4.78 is 12.9. The molecule has 5 unspecified atom stereocenters. The van der Waals surface area contributed by atoms with Crippen LogP contribution in [0.25, 0.3) is 0 Å². The van der Waals surface area contributed by atoms with Crippen LogP contribution >= 0.6 is 0 Å². The van der Waals surface area contributed by atoms with E-state index in [1.165, 1.54) is 11.2 Å². The smallest absolute Gasteiger partial charge is 0.279 e. The molecule has 0 radical (unpaired) electrons. The van der Waals surface area contributed by atoms with Gasteiger partial charge in [0.15, 0.2) is 12.3 Å². The van der Waals surface area contributed by atoms with E-state index in [-0.39, 0.29) is 6.61 Å². The molecule has 3 aromatic rings. The molecule has 9 nitrogen and oxygen atoms in total. The quantitative estimate of drug-likeness (QED) is 0.471. The van der Waals surface area contributed by atoms with E-state index in [4.69, 9.17) is 9.47 Å². The summed E-state index contributed by atoms with van der Waals surface area (Å²) in [4.78, 5) is 25.5. The minimum atomic E-state index is -1.29. The molecule has 9 heteroatoms. The summed E-state index contributed by atoms with van der Waals surface area (Å²) in [5.74, 6) is -0.143. The maximum Gasteiger partial charge on any atom is 0.279 e. The average Bonchev–Trinajstić information content (AvgIpc) is 3.52. The van der Waals surface area contributed by atoms with E-state index in [1.54, 1.807) is 0 Å². The highest BCUT2D eigenvalue weighted by molar-refractivity contribution is 6.19. The van der Waals surface area contributed by atoms with Gasteiger partial charge in [-0.25, -0.2) is 4.99 Å². The molecular weight excluding hydrogens is 484 g/mol. The molecular formula is C29H26N4O5. The molecule has 3 aromatic carbocycles. The Labute approximate surface area is 219 Å². The fourth-order valence-corrected chi connectivity index (χ4v) is 5.20. The van der Waals surface area contributed by atoms with Crippen LogP contribution < -0.4 is 0 Å². The van der Waals surface area contributed by atoms with Crippen LogP contribution in [-0.2, 0) is 19.9 Å². The summed E-state index contributed by atoms with van der Waals surface area (Å²) >= 11 is 0. The van der Waals surface area contributed by atoms with E-state index in [2.05, 4.69) is 15.0 Å². The number of ether oxygens (including phenoxy) is 2. The number of fused-ring (bicyclic) bond motifs is 1.